The molecule has 0 aromatic carbocycles. The molecule has 0 radical (unpaired) electrons. The van der Waals surface area contributed by atoms with Gasteiger partial charge in [0.1, 0.15) is 4.47 Å². The molecule has 2 aromatic heterocycles. The van der Waals surface area contributed by atoms with Gasteiger partial charge >= 0.3 is 0 Å². The molecule has 0 aliphatic rings. The van der Waals surface area contributed by atoms with Crippen LogP contribution in [0.25, 0.3) is 0 Å². The van der Waals surface area contributed by atoms with E-state index in [1.165, 1.54) is 4.68 Å². The van der Waals surface area contributed by atoms with Gasteiger partial charge in [0.15, 0.2) is 0 Å². The van der Waals surface area contributed by atoms with Gasteiger partial charge in [-0.25, -0.2) is 4.68 Å². The minimum absolute atomic E-state index is 0.0356. The summed E-state index contributed by atoms with van der Waals surface area (Å²) in [6.07, 6.45) is 3.48. The van der Waals surface area contributed by atoms with Gasteiger partial charge in [-0.05, 0) is 36.7 Å². The smallest absolute Gasteiger partial charge is 0.283 e. The zero-order valence-electron chi connectivity index (χ0n) is 12.0. The lowest BCUT2D eigenvalue weighted by molar-refractivity contribution is 0.501. The number of aryl methyl sites for hydroxylation is 1. The predicted octanol–water partition coefficient (Wildman–Crippen LogP) is 2.24. The van der Waals surface area contributed by atoms with E-state index in [-0.39, 0.29) is 11.6 Å². The van der Waals surface area contributed by atoms with Gasteiger partial charge in [0.25, 0.3) is 5.56 Å². The molecule has 2 aromatic rings. The van der Waals surface area contributed by atoms with Crippen LogP contribution in [0.2, 0.25) is 0 Å². The van der Waals surface area contributed by atoms with Crippen molar-refractivity contribution in [3.63, 3.8) is 0 Å². The summed E-state index contributed by atoms with van der Waals surface area (Å²) in [5.74, 6) is 0. The Balaban J connectivity index is 2.21. The van der Waals surface area contributed by atoms with Crippen LogP contribution in [0.1, 0.15) is 31.1 Å². The van der Waals surface area contributed by atoms with E-state index in [9.17, 15) is 4.79 Å². The third-order valence-electron chi connectivity index (χ3n) is 3.24. The first-order valence-corrected chi connectivity index (χ1v) is 7.19. The van der Waals surface area contributed by atoms with Crippen molar-refractivity contribution in [1.29, 1.82) is 0 Å². The molecule has 0 unspecified atom stereocenters. The van der Waals surface area contributed by atoms with Crippen LogP contribution >= 0.6 is 15.9 Å². The molecule has 1 N–H and O–H groups in total. The van der Waals surface area contributed by atoms with Gasteiger partial charge in [-0.15, -0.1) is 0 Å². The zero-order chi connectivity index (χ0) is 14.9. The first-order chi connectivity index (χ1) is 9.41. The molecule has 0 atom stereocenters. The van der Waals surface area contributed by atoms with Crippen molar-refractivity contribution in [2.45, 2.75) is 33.4 Å². The molecule has 0 bridgehead atoms. The molecule has 6 nitrogen and oxygen atoms in total. The van der Waals surface area contributed by atoms with E-state index >= 15 is 0 Å². The second-order valence-electron chi connectivity index (χ2n) is 4.95. The van der Waals surface area contributed by atoms with E-state index in [4.69, 9.17) is 0 Å². The Morgan fingerprint density at radius 2 is 2.05 bits per heavy atom. The average Bonchev–Trinajstić information content (AvgIpc) is 2.71. The fourth-order valence-electron chi connectivity index (χ4n) is 1.84. The van der Waals surface area contributed by atoms with Gasteiger partial charge in [0, 0.05) is 24.8 Å². The molecule has 108 valence electrons. The maximum Gasteiger partial charge on any atom is 0.283 e. The molecule has 7 heteroatoms. The lowest BCUT2D eigenvalue weighted by atomic mass is 10.2. The highest BCUT2D eigenvalue weighted by molar-refractivity contribution is 9.10. The fraction of sp³-hybridized carbons (Fsp3) is 0.462. The van der Waals surface area contributed by atoms with Crippen molar-refractivity contribution in [2.24, 2.45) is 7.05 Å². The van der Waals surface area contributed by atoms with Gasteiger partial charge in [-0.3, -0.25) is 9.48 Å². The monoisotopic (exact) mass is 339 g/mol. The van der Waals surface area contributed by atoms with E-state index in [0.717, 1.165) is 11.3 Å². The molecule has 0 aliphatic carbocycles. The topological polar surface area (TPSA) is 64.7 Å². The van der Waals surface area contributed by atoms with Crippen molar-refractivity contribution >= 4 is 21.6 Å². The number of rotatable bonds is 4. The van der Waals surface area contributed by atoms with Crippen molar-refractivity contribution < 1.29 is 0 Å². The van der Waals surface area contributed by atoms with E-state index in [2.05, 4.69) is 31.4 Å². The summed E-state index contributed by atoms with van der Waals surface area (Å²) >= 11 is 3.34. The molecule has 0 amide bonds. The summed E-state index contributed by atoms with van der Waals surface area (Å²) in [7, 11) is 1.90. The molecule has 0 saturated carbocycles. The van der Waals surface area contributed by atoms with Crippen molar-refractivity contribution in [3.05, 3.63) is 38.5 Å². The Hall–Kier alpha value is -1.63. The summed E-state index contributed by atoms with van der Waals surface area (Å²) < 4.78 is 3.77. The first kappa shape index (κ1) is 14.8. The van der Waals surface area contributed by atoms with Crippen LogP contribution in [-0.2, 0) is 13.6 Å². The lowest BCUT2D eigenvalue weighted by Crippen LogP contribution is -2.26. The predicted molar refractivity (Wildman–Crippen MR) is 81.9 cm³/mol. The van der Waals surface area contributed by atoms with Crippen LogP contribution in [0.15, 0.2) is 21.7 Å². The van der Waals surface area contributed by atoms with Crippen molar-refractivity contribution in [2.75, 3.05) is 5.32 Å². The molecular formula is C13H18BrN5O. The number of hydrogen-bond donors (Lipinski definition) is 1. The third kappa shape index (κ3) is 2.77. The molecule has 0 fully saturated rings. The van der Waals surface area contributed by atoms with Crippen molar-refractivity contribution in [1.82, 2.24) is 19.6 Å². The second-order valence-corrected chi connectivity index (χ2v) is 5.74. The standard InChI is InChI=1S/C13H18BrN5O/c1-8(2)19-13(20)12(14)11(7-17-19)15-5-10-6-16-18(4)9(10)3/h6-8,15H,5H2,1-4H3. The number of aromatic nitrogens is 4. The Labute approximate surface area is 125 Å². The zero-order valence-corrected chi connectivity index (χ0v) is 13.6. The van der Waals surface area contributed by atoms with Gasteiger partial charge in [-0.1, -0.05) is 0 Å². The number of halogens is 1. The van der Waals surface area contributed by atoms with Crippen LogP contribution in [-0.4, -0.2) is 19.6 Å². The summed E-state index contributed by atoms with van der Waals surface area (Å²) in [5, 5.41) is 11.6. The normalized spacial score (nSPS) is 11.1. The van der Waals surface area contributed by atoms with E-state index < -0.39 is 0 Å². The van der Waals surface area contributed by atoms with Crippen LogP contribution in [0, 0.1) is 6.92 Å². The van der Waals surface area contributed by atoms with E-state index in [0.29, 0.717) is 16.7 Å². The first-order valence-electron chi connectivity index (χ1n) is 6.40. The van der Waals surface area contributed by atoms with E-state index in [1.54, 1.807) is 6.20 Å². The highest BCUT2D eigenvalue weighted by atomic mass is 79.9. The number of nitrogens with one attached hydrogen (secondary N) is 1. The van der Waals surface area contributed by atoms with E-state index in [1.807, 2.05) is 38.7 Å². The number of anilines is 1. The Kier molecular flexibility index (Phi) is 4.27. The van der Waals surface area contributed by atoms with Gasteiger partial charge < -0.3 is 5.32 Å². The Morgan fingerprint density at radius 1 is 1.35 bits per heavy atom. The summed E-state index contributed by atoms with van der Waals surface area (Å²) in [5.41, 5.74) is 2.74. The summed E-state index contributed by atoms with van der Waals surface area (Å²) in [4.78, 5) is 12.1. The van der Waals surface area contributed by atoms with Crippen LogP contribution < -0.4 is 10.9 Å². The lowest BCUT2D eigenvalue weighted by Gasteiger charge is -2.12. The number of nitrogens with zero attached hydrogens (tertiary/aromatic N) is 4. The van der Waals surface area contributed by atoms with Crippen LogP contribution in [0.5, 0.6) is 0 Å². The van der Waals surface area contributed by atoms with Gasteiger partial charge in [0.2, 0.25) is 0 Å². The summed E-state index contributed by atoms with van der Waals surface area (Å²) in [6, 6.07) is 0.0356. The fourth-order valence-corrected chi connectivity index (χ4v) is 2.27. The van der Waals surface area contributed by atoms with Crippen LogP contribution in [0.4, 0.5) is 5.69 Å². The van der Waals surface area contributed by atoms with Gasteiger partial charge in [0.05, 0.1) is 24.1 Å². The third-order valence-corrected chi connectivity index (χ3v) is 4.01. The minimum Gasteiger partial charge on any atom is -0.378 e. The Morgan fingerprint density at radius 3 is 2.60 bits per heavy atom. The average molecular weight is 340 g/mol. The Bertz CT molecular complexity index is 674. The quantitative estimate of drug-likeness (QED) is 0.927. The molecule has 2 rings (SSSR count). The maximum atomic E-state index is 12.1. The largest absolute Gasteiger partial charge is 0.378 e. The molecule has 20 heavy (non-hydrogen) atoms. The second kappa shape index (κ2) is 5.78. The molecule has 0 saturated heterocycles. The SMILES string of the molecule is Cc1c(CNc2cnn(C(C)C)c(=O)c2Br)cnn1C. The maximum absolute atomic E-state index is 12.1. The van der Waals surface area contributed by atoms with Crippen LogP contribution in [0.3, 0.4) is 0 Å². The molecule has 2 heterocycles. The highest BCUT2D eigenvalue weighted by Crippen LogP contribution is 2.18. The molecule has 0 aliphatic heterocycles. The van der Waals surface area contributed by atoms with Gasteiger partial charge in [-0.2, -0.15) is 10.2 Å². The molecular weight excluding hydrogens is 322 g/mol. The van der Waals surface area contributed by atoms with Crippen molar-refractivity contribution in [3.8, 4) is 0 Å². The summed E-state index contributed by atoms with van der Waals surface area (Å²) in [6.45, 7) is 6.46. The number of hydrogen-bond acceptors (Lipinski definition) is 4. The highest BCUT2D eigenvalue weighted by Gasteiger charge is 2.11. The minimum atomic E-state index is -0.132. The molecule has 0 spiro atoms.